The van der Waals surface area contributed by atoms with Crippen molar-refractivity contribution in [2.24, 2.45) is 5.73 Å². The maximum Gasteiger partial charge on any atom is 0.250 e. The molecule has 8 nitrogen and oxygen atoms in total. The van der Waals surface area contributed by atoms with E-state index in [1.807, 2.05) is 6.07 Å². The summed E-state index contributed by atoms with van der Waals surface area (Å²) in [6.07, 6.45) is 3.63. The summed E-state index contributed by atoms with van der Waals surface area (Å²) in [6.45, 7) is 7.17. The molecule has 0 aliphatic carbocycles. The molecule has 5 rings (SSSR count). The van der Waals surface area contributed by atoms with E-state index >= 15 is 0 Å². The minimum atomic E-state index is -0.565. The van der Waals surface area contributed by atoms with Crippen molar-refractivity contribution >= 4 is 46.7 Å². The van der Waals surface area contributed by atoms with Crippen LogP contribution in [0.2, 0.25) is 10.0 Å². The van der Waals surface area contributed by atoms with Crippen molar-refractivity contribution in [2.75, 3.05) is 40.9 Å². The summed E-state index contributed by atoms with van der Waals surface area (Å²) in [6, 6.07) is 8.56. The Morgan fingerprint density at radius 3 is 2.49 bits per heavy atom. The van der Waals surface area contributed by atoms with Crippen molar-refractivity contribution in [3.63, 3.8) is 0 Å². The number of hydrogen-bond acceptors (Lipinski definition) is 7. The van der Waals surface area contributed by atoms with Gasteiger partial charge in [0.1, 0.15) is 17.5 Å². The Bertz CT molecular complexity index is 1340. The molecule has 11 heteroatoms. The summed E-state index contributed by atoms with van der Waals surface area (Å²) < 4.78 is 13.9. The highest BCUT2D eigenvalue weighted by Gasteiger charge is 2.30. The Labute approximate surface area is 225 Å². The molecule has 0 unspecified atom stereocenters. The molecule has 0 saturated carbocycles. The van der Waals surface area contributed by atoms with Gasteiger partial charge >= 0.3 is 0 Å². The zero-order valence-corrected chi connectivity index (χ0v) is 22.2. The highest BCUT2D eigenvalue weighted by Crippen LogP contribution is 2.33. The van der Waals surface area contributed by atoms with Crippen LogP contribution >= 0.6 is 23.2 Å². The summed E-state index contributed by atoms with van der Waals surface area (Å²) in [4.78, 5) is 32.3. The van der Waals surface area contributed by atoms with E-state index in [-0.39, 0.29) is 16.6 Å². The van der Waals surface area contributed by atoms with E-state index in [9.17, 15) is 9.18 Å². The van der Waals surface area contributed by atoms with Gasteiger partial charge in [-0.25, -0.2) is 14.4 Å². The van der Waals surface area contributed by atoms with Gasteiger partial charge in [-0.2, -0.15) is 4.98 Å². The fourth-order valence-electron chi connectivity index (χ4n) is 5.02. The molecule has 1 amide bonds. The van der Waals surface area contributed by atoms with Crippen LogP contribution in [-0.2, 0) is 0 Å². The van der Waals surface area contributed by atoms with Crippen LogP contribution in [0.15, 0.2) is 36.5 Å². The standard InChI is InChI=1S/C26H28Cl2FN7O/c1-15-4-3-7-36(15)26-32-22(17-5-6-21(29)19(27)10-17)12-23(33-26)35-9-8-34(14-16(35)2)25-20(28)11-18(13-31-25)24(30)37/h5-6,10-13,15-16H,3-4,7-9,14H2,1-2H3,(H2,30,37)/t15-,16-/m1/s1. The van der Waals surface area contributed by atoms with Crippen LogP contribution in [0, 0.1) is 5.82 Å². The molecule has 2 aliphatic rings. The predicted octanol–water partition coefficient (Wildman–Crippen LogP) is 4.79. The van der Waals surface area contributed by atoms with E-state index in [0.29, 0.717) is 48.2 Å². The van der Waals surface area contributed by atoms with Crippen molar-refractivity contribution in [2.45, 2.75) is 38.8 Å². The third kappa shape index (κ3) is 5.15. The van der Waals surface area contributed by atoms with Crippen LogP contribution in [0.25, 0.3) is 11.3 Å². The van der Waals surface area contributed by atoms with Crippen molar-refractivity contribution in [3.8, 4) is 11.3 Å². The molecule has 2 aliphatic heterocycles. The lowest BCUT2D eigenvalue weighted by atomic mass is 10.1. The first-order valence-electron chi connectivity index (χ1n) is 12.3. The molecule has 2 aromatic heterocycles. The van der Waals surface area contributed by atoms with Gasteiger partial charge in [-0.3, -0.25) is 4.79 Å². The van der Waals surface area contributed by atoms with Gasteiger partial charge in [-0.05, 0) is 51.0 Å². The number of carbonyl (C=O) groups is 1. The number of nitrogens with zero attached hydrogens (tertiary/aromatic N) is 6. The largest absolute Gasteiger partial charge is 0.366 e. The number of carbonyl (C=O) groups excluding carboxylic acids is 1. The Hall–Kier alpha value is -3.17. The molecule has 0 radical (unpaired) electrons. The maximum atomic E-state index is 13.9. The first-order valence-corrected chi connectivity index (χ1v) is 13.0. The van der Waals surface area contributed by atoms with Crippen molar-refractivity contribution in [1.29, 1.82) is 0 Å². The molecule has 0 bridgehead atoms. The quantitative estimate of drug-likeness (QED) is 0.494. The smallest absolute Gasteiger partial charge is 0.250 e. The van der Waals surface area contributed by atoms with E-state index in [0.717, 1.165) is 30.8 Å². The normalized spacial score (nSPS) is 20.0. The molecular formula is C26H28Cl2FN7O. The summed E-state index contributed by atoms with van der Waals surface area (Å²) in [5, 5.41) is 0.447. The van der Waals surface area contributed by atoms with Crippen LogP contribution in [0.5, 0.6) is 0 Å². The number of aromatic nitrogens is 3. The van der Waals surface area contributed by atoms with Gasteiger partial charge in [0.2, 0.25) is 11.9 Å². The highest BCUT2D eigenvalue weighted by atomic mass is 35.5. The monoisotopic (exact) mass is 543 g/mol. The van der Waals surface area contributed by atoms with Crippen LogP contribution < -0.4 is 20.4 Å². The zero-order chi connectivity index (χ0) is 26.3. The number of pyridine rings is 1. The van der Waals surface area contributed by atoms with E-state index in [4.69, 9.17) is 38.9 Å². The Balaban J connectivity index is 1.46. The molecule has 37 heavy (non-hydrogen) atoms. The summed E-state index contributed by atoms with van der Waals surface area (Å²) in [7, 11) is 0. The molecule has 1 aromatic carbocycles. The third-order valence-electron chi connectivity index (χ3n) is 7.05. The lowest BCUT2D eigenvalue weighted by Gasteiger charge is -2.41. The van der Waals surface area contributed by atoms with Gasteiger partial charge in [0, 0.05) is 56.1 Å². The van der Waals surface area contributed by atoms with Gasteiger partial charge < -0.3 is 20.4 Å². The minimum Gasteiger partial charge on any atom is -0.366 e. The Morgan fingerprint density at radius 2 is 1.84 bits per heavy atom. The second-order valence-corrected chi connectivity index (χ2v) is 10.4. The van der Waals surface area contributed by atoms with E-state index in [1.54, 1.807) is 18.2 Å². The van der Waals surface area contributed by atoms with Crippen LogP contribution in [0.4, 0.5) is 22.0 Å². The second-order valence-electron chi connectivity index (χ2n) is 9.61. The van der Waals surface area contributed by atoms with Crippen molar-refractivity contribution in [3.05, 3.63) is 58.0 Å². The Morgan fingerprint density at radius 1 is 1.03 bits per heavy atom. The molecule has 0 spiro atoms. The highest BCUT2D eigenvalue weighted by molar-refractivity contribution is 6.33. The van der Waals surface area contributed by atoms with E-state index in [1.165, 1.54) is 12.3 Å². The maximum absolute atomic E-state index is 13.9. The number of anilines is 3. The van der Waals surface area contributed by atoms with Gasteiger partial charge in [0.25, 0.3) is 0 Å². The van der Waals surface area contributed by atoms with Gasteiger partial charge in [-0.15, -0.1) is 0 Å². The first-order chi connectivity index (χ1) is 17.7. The second kappa shape index (κ2) is 10.3. The molecule has 3 aromatic rings. The van der Waals surface area contributed by atoms with Crippen molar-refractivity contribution < 1.29 is 9.18 Å². The molecular weight excluding hydrogens is 516 g/mol. The van der Waals surface area contributed by atoms with Gasteiger partial charge in [0.05, 0.1) is 21.3 Å². The molecule has 2 atom stereocenters. The molecule has 194 valence electrons. The van der Waals surface area contributed by atoms with Crippen LogP contribution in [0.3, 0.4) is 0 Å². The summed E-state index contributed by atoms with van der Waals surface area (Å²) in [5.74, 6) is 1.06. The minimum absolute atomic E-state index is 0.0578. The number of benzene rings is 1. The zero-order valence-electron chi connectivity index (χ0n) is 20.7. The van der Waals surface area contributed by atoms with Gasteiger partial charge in [0.15, 0.2) is 0 Å². The topological polar surface area (TPSA) is 91.5 Å². The molecule has 4 heterocycles. The number of primary amides is 1. The van der Waals surface area contributed by atoms with E-state index < -0.39 is 11.7 Å². The number of amides is 1. The lowest BCUT2D eigenvalue weighted by molar-refractivity contribution is 0.1000. The fraction of sp³-hybridized carbons (Fsp3) is 0.385. The summed E-state index contributed by atoms with van der Waals surface area (Å²) >= 11 is 12.5. The fourth-order valence-corrected chi connectivity index (χ4v) is 5.49. The predicted molar refractivity (Wildman–Crippen MR) is 145 cm³/mol. The molecule has 2 N–H and O–H groups in total. The third-order valence-corrected chi connectivity index (χ3v) is 7.62. The average Bonchev–Trinajstić information content (AvgIpc) is 3.31. The Kier molecular flexibility index (Phi) is 7.09. The number of hydrogen-bond donors (Lipinski definition) is 1. The van der Waals surface area contributed by atoms with Crippen LogP contribution in [0.1, 0.15) is 37.0 Å². The first kappa shape index (κ1) is 25.5. The molecule has 2 fully saturated rings. The average molecular weight is 544 g/mol. The SMILES string of the molecule is C[C@@H]1CN(c2ncc(C(N)=O)cc2Cl)CCN1c1cc(-c2ccc(F)c(Cl)c2)nc(N2CCC[C@H]2C)n1. The molecule has 2 saturated heterocycles. The van der Waals surface area contributed by atoms with Crippen LogP contribution in [-0.4, -0.2) is 59.1 Å². The lowest BCUT2D eigenvalue weighted by Crippen LogP contribution is -2.53. The number of halogens is 3. The summed E-state index contributed by atoms with van der Waals surface area (Å²) in [5.41, 5.74) is 7.06. The van der Waals surface area contributed by atoms with Gasteiger partial charge in [-0.1, -0.05) is 23.2 Å². The number of rotatable bonds is 5. The number of piperazine rings is 1. The number of nitrogens with two attached hydrogens (primary N) is 1. The van der Waals surface area contributed by atoms with E-state index in [2.05, 4.69) is 33.5 Å². The van der Waals surface area contributed by atoms with Crippen molar-refractivity contribution in [1.82, 2.24) is 15.0 Å².